The summed E-state index contributed by atoms with van der Waals surface area (Å²) in [6.45, 7) is 1.24. The molecule has 1 amide bonds. The quantitative estimate of drug-likeness (QED) is 0.665. The zero-order valence-electron chi connectivity index (χ0n) is 14.3. The van der Waals surface area contributed by atoms with Crippen LogP contribution in [0.2, 0.25) is 0 Å². The van der Waals surface area contributed by atoms with Crippen LogP contribution >= 0.6 is 0 Å². The number of H-pyrrole nitrogens is 1. The highest BCUT2D eigenvalue weighted by molar-refractivity contribution is 5.94. The summed E-state index contributed by atoms with van der Waals surface area (Å²) in [6, 6.07) is 11.5. The number of fused-ring (bicyclic) bond motifs is 1. The number of carbonyl (C=O) groups is 1. The number of pyridine rings is 1. The largest absolute Gasteiger partial charge is 0.444 e. The van der Waals surface area contributed by atoms with E-state index in [1.54, 1.807) is 6.20 Å². The fraction of sp³-hybridized carbons (Fsp3) is 0.200. The molecule has 0 saturated carbocycles. The molecule has 0 unspecified atom stereocenters. The third-order valence-corrected chi connectivity index (χ3v) is 4.38. The van der Waals surface area contributed by atoms with E-state index in [-0.39, 0.29) is 6.61 Å². The number of ether oxygens (including phenoxy) is 1. The van der Waals surface area contributed by atoms with E-state index in [4.69, 9.17) is 4.74 Å². The van der Waals surface area contributed by atoms with E-state index in [0.717, 1.165) is 41.5 Å². The number of anilines is 1. The fourth-order valence-electron chi connectivity index (χ4n) is 3.08. The van der Waals surface area contributed by atoms with Crippen LogP contribution in [0.25, 0.3) is 16.6 Å². The second-order valence-electron chi connectivity index (χ2n) is 6.24. The van der Waals surface area contributed by atoms with Crippen molar-refractivity contribution in [3.63, 3.8) is 0 Å². The Labute approximate surface area is 151 Å². The Morgan fingerprint density at radius 2 is 2.15 bits per heavy atom. The molecule has 6 heteroatoms. The second kappa shape index (κ2) is 7.31. The minimum atomic E-state index is -0.495. The maximum absolute atomic E-state index is 12.1. The van der Waals surface area contributed by atoms with Crippen molar-refractivity contribution < 1.29 is 9.53 Å². The van der Waals surface area contributed by atoms with Crippen LogP contribution in [0.15, 0.2) is 55.0 Å². The molecule has 0 aliphatic carbocycles. The maximum atomic E-state index is 12.1. The summed E-state index contributed by atoms with van der Waals surface area (Å²) in [7, 11) is 0. The number of allylic oxidation sites excluding steroid dienone is 1. The number of nitrogens with one attached hydrogen (secondary N) is 3. The van der Waals surface area contributed by atoms with Gasteiger partial charge in [0.05, 0.1) is 11.9 Å². The molecule has 1 aliphatic rings. The van der Waals surface area contributed by atoms with Crippen LogP contribution < -0.4 is 10.6 Å². The van der Waals surface area contributed by atoms with Gasteiger partial charge in [-0.2, -0.15) is 0 Å². The Morgan fingerprint density at radius 1 is 1.27 bits per heavy atom. The number of nitrogens with zero attached hydrogens (tertiary/aromatic N) is 1. The minimum Gasteiger partial charge on any atom is -0.444 e. The van der Waals surface area contributed by atoms with Crippen molar-refractivity contribution in [3.05, 3.63) is 66.1 Å². The van der Waals surface area contributed by atoms with Crippen molar-refractivity contribution in [2.45, 2.75) is 19.4 Å². The molecule has 0 saturated heterocycles. The molecule has 3 aromatic rings. The normalized spacial score (nSPS) is 13.8. The Kier molecular flexibility index (Phi) is 4.55. The number of aromatic nitrogens is 2. The average Bonchev–Trinajstić information content (AvgIpc) is 3.11. The Morgan fingerprint density at radius 3 is 2.96 bits per heavy atom. The number of hydrogen-bond acceptors (Lipinski definition) is 4. The Bertz CT molecular complexity index is 947. The fourth-order valence-corrected chi connectivity index (χ4v) is 3.08. The first-order valence-electron chi connectivity index (χ1n) is 8.67. The molecule has 0 bridgehead atoms. The molecular formula is C20H20N4O2. The van der Waals surface area contributed by atoms with Gasteiger partial charge in [0.2, 0.25) is 0 Å². The van der Waals surface area contributed by atoms with Crippen LogP contribution in [0.1, 0.15) is 24.0 Å². The Hall–Kier alpha value is -3.28. The highest BCUT2D eigenvalue weighted by Gasteiger charge is 2.13. The molecule has 3 heterocycles. The van der Waals surface area contributed by atoms with Crippen LogP contribution in [0.3, 0.4) is 0 Å². The van der Waals surface area contributed by atoms with E-state index in [0.29, 0.717) is 5.69 Å². The molecule has 26 heavy (non-hydrogen) atoms. The number of hydrogen-bond donors (Lipinski definition) is 3. The van der Waals surface area contributed by atoms with E-state index < -0.39 is 6.09 Å². The third kappa shape index (κ3) is 3.54. The van der Waals surface area contributed by atoms with Gasteiger partial charge in [-0.25, -0.2) is 9.78 Å². The van der Waals surface area contributed by atoms with Gasteiger partial charge >= 0.3 is 6.09 Å². The zero-order valence-corrected chi connectivity index (χ0v) is 14.3. The summed E-state index contributed by atoms with van der Waals surface area (Å²) < 4.78 is 5.27. The van der Waals surface area contributed by atoms with Crippen molar-refractivity contribution in [3.8, 4) is 0 Å². The van der Waals surface area contributed by atoms with Gasteiger partial charge in [-0.1, -0.05) is 30.3 Å². The van der Waals surface area contributed by atoms with Gasteiger partial charge in [0.15, 0.2) is 0 Å². The van der Waals surface area contributed by atoms with E-state index in [1.165, 1.54) is 5.57 Å². The van der Waals surface area contributed by atoms with Crippen molar-refractivity contribution in [1.82, 2.24) is 15.3 Å². The first kappa shape index (κ1) is 16.2. The first-order chi connectivity index (χ1) is 12.8. The van der Waals surface area contributed by atoms with Crippen LogP contribution in [0.4, 0.5) is 10.5 Å². The molecule has 0 atom stereocenters. The number of aromatic amines is 1. The summed E-state index contributed by atoms with van der Waals surface area (Å²) in [6.07, 6.45) is 7.28. The molecule has 0 spiro atoms. The maximum Gasteiger partial charge on any atom is 0.412 e. The second-order valence-corrected chi connectivity index (χ2v) is 6.24. The van der Waals surface area contributed by atoms with Crippen molar-refractivity contribution >= 4 is 28.4 Å². The molecule has 0 fully saturated rings. The summed E-state index contributed by atoms with van der Waals surface area (Å²) >= 11 is 0. The van der Waals surface area contributed by atoms with Crippen molar-refractivity contribution in [1.29, 1.82) is 0 Å². The van der Waals surface area contributed by atoms with Crippen LogP contribution in [-0.4, -0.2) is 22.6 Å². The average molecular weight is 348 g/mol. The van der Waals surface area contributed by atoms with E-state index >= 15 is 0 Å². The van der Waals surface area contributed by atoms with Gasteiger partial charge < -0.3 is 15.0 Å². The van der Waals surface area contributed by atoms with Gasteiger partial charge in [0, 0.05) is 29.9 Å². The molecule has 1 aromatic carbocycles. The van der Waals surface area contributed by atoms with Gasteiger partial charge in [0.25, 0.3) is 0 Å². The van der Waals surface area contributed by atoms with Crippen LogP contribution in [0, 0.1) is 0 Å². The minimum absolute atomic E-state index is 0.232. The lowest BCUT2D eigenvalue weighted by atomic mass is 10.0. The first-order valence-corrected chi connectivity index (χ1v) is 8.67. The van der Waals surface area contributed by atoms with Crippen molar-refractivity contribution in [2.75, 3.05) is 11.9 Å². The molecule has 2 aromatic heterocycles. The Balaban J connectivity index is 1.48. The monoisotopic (exact) mass is 348 g/mol. The molecular weight excluding hydrogens is 328 g/mol. The summed E-state index contributed by atoms with van der Waals surface area (Å²) in [4.78, 5) is 19.6. The summed E-state index contributed by atoms with van der Waals surface area (Å²) in [5, 5.41) is 7.02. The SMILES string of the molecule is O=C(Nc1cnc2[nH]cc(C3=CNCCC3)c2c1)OCc1ccccc1. The zero-order chi connectivity index (χ0) is 17.8. The summed E-state index contributed by atoms with van der Waals surface area (Å²) in [5.41, 5.74) is 4.71. The predicted molar refractivity (Wildman–Crippen MR) is 102 cm³/mol. The molecule has 0 radical (unpaired) electrons. The van der Waals surface area contributed by atoms with Gasteiger partial charge in [-0.3, -0.25) is 5.32 Å². The molecule has 1 aliphatic heterocycles. The lowest BCUT2D eigenvalue weighted by Crippen LogP contribution is -2.14. The molecule has 4 rings (SSSR count). The van der Waals surface area contributed by atoms with Crippen LogP contribution in [0.5, 0.6) is 0 Å². The topological polar surface area (TPSA) is 79.0 Å². The van der Waals surface area contributed by atoms with Gasteiger partial charge in [-0.05, 0) is 30.0 Å². The number of carbonyl (C=O) groups excluding carboxylic acids is 1. The molecule has 6 nitrogen and oxygen atoms in total. The van der Waals surface area contributed by atoms with Gasteiger partial charge in [0.1, 0.15) is 12.3 Å². The standard InChI is InChI=1S/C20H20N4O2/c25-20(26-13-14-5-2-1-3-6-14)24-16-9-17-18(12-23-19(17)22-11-16)15-7-4-8-21-10-15/h1-3,5-6,9-12,21H,4,7-8,13H2,(H,22,23)(H,24,25). The van der Waals surface area contributed by atoms with Crippen molar-refractivity contribution in [2.24, 2.45) is 0 Å². The molecule has 3 N–H and O–H groups in total. The molecule has 132 valence electrons. The van der Waals surface area contributed by atoms with Crippen LogP contribution in [-0.2, 0) is 11.3 Å². The lowest BCUT2D eigenvalue weighted by Gasteiger charge is -2.13. The smallest absolute Gasteiger partial charge is 0.412 e. The highest BCUT2D eigenvalue weighted by Crippen LogP contribution is 2.29. The lowest BCUT2D eigenvalue weighted by molar-refractivity contribution is 0.155. The third-order valence-electron chi connectivity index (χ3n) is 4.38. The summed E-state index contributed by atoms with van der Waals surface area (Å²) in [5.74, 6) is 0. The highest BCUT2D eigenvalue weighted by atomic mass is 16.5. The number of rotatable bonds is 4. The van der Waals surface area contributed by atoms with E-state index in [1.807, 2.05) is 42.6 Å². The number of amides is 1. The van der Waals surface area contributed by atoms with E-state index in [2.05, 4.69) is 26.8 Å². The van der Waals surface area contributed by atoms with Gasteiger partial charge in [-0.15, -0.1) is 0 Å². The van der Waals surface area contributed by atoms with E-state index in [9.17, 15) is 4.79 Å². The predicted octanol–water partition coefficient (Wildman–Crippen LogP) is 4.04. The number of benzene rings is 1.